The van der Waals surface area contributed by atoms with Crippen LogP contribution in [0.25, 0.3) is 5.76 Å². The van der Waals surface area contributed by atoms with Gasteiger partial charge >= 0.3 is 5.91 Å². The summed E-state index contributed by atoms with van der Waals surface area (Å²) in [5, 5.41) is 21.0. The number of thioether (sulfide) groups is 1. The molecule has 0 radical (unpaired) electrons. The van der Waals surface area contributed by atoms with Crippen molar-refractivity contribution in [3.8, 4) is 17.2 Å². The molecule has 2 heterocycles. The molecule has 3 aromatic carbocycles. The van der Waals surface area contributed by atoms with Crippen LogP contribution in [-0.4, -0.2) is 47.3 Å². The number of unbranched alkanes of at least 4 members (excludes halogenated alkanes) is 2. The Kier molecular flexibility index (Phi) is 11.2. The summed E-state index contributed by atoms with van der Waals surface area (Å²) < 4.78 is 17.8. The maximum Gasteiger partial charge on any atom is 0.301 e. The highest BCUT2D eigenvalue weighted by molar-refractivity contribution is 8.00. The average Bonchev–Trinajstić information content (AvgIpc) is 3.64. The number of halogens is 1. The van der Waals surface area contributed by atoms with Gasteiger partial charge in [-0.05, 0) is 66.9 Å². The Bertz CT molecular complexity index is 1730. The Labute approximate surface area is 281 Å². The third-order valence-corrected chi connectivity index (χ3v) is 9.78. The normalized spacial score (nSPS) is 15.7. The van der Waals surface area contributed by atoms with Gasteiger partial charge in [-0.15, -0.1) is 10.2 Å². The summed E-state index contributed by atoms with van der Waals surface area (Å²) in [6.45, 7) is 4.90. The van der Waals surface area contributed by atoms with E-state index in [0.29, 0.717) is 56.7 Å². The van der Waals surface area contributed by atoms with Crippen LogP contribution in [0.4, 0.5) is 5.13 Å². The number of ether oxygens (including phenoxy) is 3. The third kappa shape index (κ3) is 7.32. The number of carbonyl (C=O) groups excluding carboxylic acids is 2. The summed E-state index contributed by atoms with van der Waals surface area (Å²) in [5.74, 6) is 0.186. The Balaban J connectivity index is 1.55. The first-order valence-corrected chi connectivity index (χ1v) is 17.1. The molecular weight excluding hydrogens is 646 g/mol. The van der Waals surface area contributed by atoms with Crippen LogP contribution in [0.5, 0.6) is 17.2 Å². The number of rotatable bonds is 14. The van der Waals surface area contributed by atoms with Crippen LogP contribution in [-0.2, 0) is 15.3 Å². The zero-order valence-corrected chi connectivity index (χ0v) is 28.1. The van der Waals surface area contributed by atoms with Crippen molar-refractivity contribution in [1.29, 1.82) is 0 Å². The van der Waals surface area contributed by atoms with E-state index in [2.05, 4.69) is 17.1 Å². The predicted octanol–water partition coefficient (Wildman–Crippen LogP) is 8.09. The van der Waals surface area contributed by atoms with E-state index in [1.165, 1.54) is 35.1 Å². The number of hydrogen-bond acceptors (Lipinski definition) is 10. The van der Waals surface area contributed by atoms with Crippen molar-refractivity contribution in [2.75, 3.05) is 25.2 Å². The number of anilines is 1. The Morgan fingerprint density at radius 3 is 2.50 bits per heavy atom. The summed E-state index contributed by atoms with van der Waals surface area (Å²) in [5.41, 5.74) is 1.76. The van der Waals surface area contributed by atoms with Crippen molar-refractivity contribution in [3.63, 3.8) is 0 Å². The molecule has 9 nitrogen and oxygen atoms in total. The molecule has 0 spiro atoms. The molecule has 1 saturated heterocycles. The summed E-state index contributed by atoms with van der Waals surface area (Å²) in [7, 11) is 1.54. The topological polar surface area (TPSA) is 111 Å². The van der Waals surface area contributed by atoms with Gasteiger partial charge in [0, 0.05) is 16.3 Å². The fourth-order valence-electron chi connectivity index (χ4n) is 4.98. The van der Waals surface area contributed by atoms with Crippen molar-refractivity contribution in [1.82, 2.24) is 10.2 Å². The third-order valence-electron chi connectivity index (χ3n) is 7.31. The van der Waals surface area contributed by atoms with Gasteiger partial charge in [-0.3, -0.25) is 14.5 Å². The first-order valence-electron chi connectivity index (χ1n) is 14.9. The van der Waals surface area contributed by atoms with Gasteiger partial charge in [-0.1, -0.05) is 78.7 Å². The van der Waals surface area contributed by atoms with Gasteiger partial charge in [-0.25, -0.2) is 0 Å². The quantitative estimate of drug-likeness (QED) is 0.0353. The first-order chi connectivity index (χ1) is 22.4. The molecular formula is C34H34ClN3O6S2. The lowest BCUT2D eigenvalue weighted by Gasteiger charge is -2.23. The van der Waals surface area contributed by atoms with E-state index in [1.54, 1.807) is 42.5 Å². The van der Waals surface area contributed by atoms with E-state index in [0.717, 1.165) is 24.8 Å². The molecule has 1 fully saturated rings. The minimum absolute atomic E-state index is 0.0744. The molecule has 1 aliphatic heterocycles. The lowest BCUT2D eigenvalue weighted by molar-refractivity contribution is -0.132. The standard InChI is InChI=1S/C34H34ClN3O6S2/c1-4-6-9-18-44-26-17-14-22(19-27(26)43-5-2)29-28(30(39)21-12-15-24(42-3)16-13-21)31(40)32(41)38(29)33-36-37-34(46-33)45-20-23-10-7-8-11-25(23)35/h7-8,10-17,19,29,39H,4-6,9,18,20H2,1-3H3/b30-28+. The van der Waals surface area contributed by atoms with Crippen LogP contribution in [0.1, 0.15) is 55.8 Å². The lowest BCUT2D eigenvalue weighted by atomic mass is 9.95. The van der Waals surface area contributed by atoms with Crippen molar-refractivity contribution in [2.45, 2.75) is 49.2 Å². The van der Waals surface area contributed by atoms with Crippen LogP contribution in [0, 0.1) is 0 Å². The predicted molar refractivity (Wildman–Crippen MR) is 181 cm³/mol. The van der Waals surface area contributed by atoms with Crippen LogP contribution < -0.4 is 19.1 Å². The number of carbonyl (C=O) groups is 2. The SMILES string of the molecule is CCCCCOc1ccc(C2/C(=C(\O)c3ccc(OC)cc3)C(=O)C(=O)N2c2nnc(SCc3ccccc3Cl)s2)cc1OCC. The lowest BCUT2D eigenvalue weighted by Crippen LogP contribution is -2.29. The van der Waals surface area contributed by atoms with Gasteiger partial charge in [0.25, 0.3) is 5.78 Å². The number of aliphatic hydroxyl groups is 1. The molecule has 1 unspecified atom stereocenters. The molecule has 1 aliphatic rings. The molecule has 4 aromatic rings. The Hall–Kier alpha value is -4.06. The molecule has 1 aromatic heterocycles. The zero-order chi connectivity index (χ0) is 32.6. The van der Waals surface area contributed by atoms with Gasteiger partial charge < -0.3 is 19.3 Å². The van der Waals surface area contributed by atoms with Gasteiger partial charge in [0.15, 0.2) is 15.8 Å². The van der Waals surface area contributed by atoms with Crippen molar-refractivity contribution < 1.29 is 28.9 Å². The molecule has 1 amide bonds. The molecule has 46 heavy (non-hydrogen) atoms. The summed E-state index contributed by atoms with van der Waals surface area (Å²) in [6, 6.07) is 18.4. The monoisotopic (exact) mass is 679 g/mol. The Morgan fingerprint density at radius 1 is 1.00 bits per heavy atom. The maximum atomic E-state index is 13.7. The van der Waals surface area contributed by atoms with E-state index in [4.69, 9.17) is 25.8 Å². The molecule has 1 N–H and O–H groups in total. The second-order valence-electron chi connectivity index (χ2n) is 10.3. The van der Waals surface area contributed by atoms with Gasteiger partial charge in [0.1, 0.15) is 11.5 Å². The summed E-state index contributed by atoms with van der Waals surface area (Å²) in [4.78, 5) is 28.7. The minimum Gasteiger partial charge on any atom is -0.507 e. The molecule has 0 aliphatic carbocycles. The number of benzene rings is 3. The van der Waals surface area contributed by atoms with E-state index in [1.807, 2.05) is 31.2 Å². The first kappa shape index (κ1) is 33.3. The number of Topliss-reactive ketones (excluding diaryl/α,β-unsaturated/α-hetero) is 1. The van der Waals surface area contributed by atoms with Crippen LogP contribution in [0.2, 0.25) is 5.02 Å². The van der Waals surface area contributed by atoms with Crippen LogP contribution in [0.3, 0.4) is 0 Å². The number of ketones is 1. The number of methoxy groups -OCH3 is 1. The number of hydrogen-bond donors (Lipinski definition) is 1. The highest BCUT2D eigenvalue weighted by atomic mass is 35.5. The molecule has 5 rings (SSSR count). The van der Waals surface area contributed by atoms with Crippen LogP contribution >= 0.6 is 34.7 Å². The highest BCUT2D eigenvalue weighted by Crippen LogP contribution is 2.46. The number of aromatic nitrogens is 2. The number of nitrogens with zero attached hydrogens (tertiary/aromatic N) is 3. The van der Waals surface area contributed by atoms with Crippen molar-refractivity contribution in [3.05, 3.63) is 94.0 Å². The number of aliphatic hydroxyl groups excluding tert-OH is 1. The van der Waals surface area contributed by atoms with E-state index < -0.39 is 17.7 Å². The summed E-state index contributed by atoms with van der Waals surface area (Å²) in [6.07, 6.45) is 3.02. The van der Waals surface area contributed by atoms with Crippen molar-refractivity contribution >= 4 is 57.3 Å². The largest absolute Gasteiger partial charge is 0.507 e. The second-order valence-corrected chi connectivity index (χ2v) is 12.9. The van der Waals surface area contributed by atoms with E-state index in [9.17, 15) is 14.7 Å². The Morgan fingerprint density at radius 2 is 1.78 bits per heavy atom. The van der Waals surface area contributed by atoms with Crippen molar-refractivity contribution in [2.24, 2.45) is 0 Å². The molecule has 0 bridgehead atoms. The molecule has 1 atom stereocenters. The van der Waals surface area contributed by atoms with Gasteiger partial charge in [0.05, 0.1) is 31.9 Å². The van der Waals surface area contributed by atoms with Gasteiger partial charge in [0.2, 0.25) is 5.13 Å². The van der Waals surface area contributed by atoms with E-state index in [-0.39, 0.29) is 16.5 Å². The van der Waals surface area contributed by atoms with E-state index >= 15 is 0 Å². The smallest absolute Gasteiger partial charge is 0.301 e. The summed E-state index contributed by atoms with van der Waals surface area (Å²) >= 11 is 8.94. The molecule has 0 saturated carbocycles. The minimum atomic E-state index is -1.01. The van der Waals surface area contributed by atoms with Crippen LogP contribution in [0.15, 0.2) is 76.6 Å². The maximum absolute atomic E-state index is 13.7. The zero-order valence-electron chi connectivity index (χ0n) is 25.7. The fourth-order valence-corrected chi connectivity index (χ4v) is 7.13. The van der Waals surface area contributed by atoms with Gasteiger partial charge in [-0.2, -0.15) is 0 Å². The highest BCUT2D eigenvalue weighted by Gasteiger charge is 2.48. The second kappa shape index (κ2) is 15.5. The number of amides is 1. The molecule has 12 heteroatoms. The molecule has 240 valence electrons. The average molecular weight is 680 g/mol. The fraction of sp³-hybridized carbons (Fsp3) is 0.294.